The summed E-state index contributed by atoms with van der Waals surface area (Å²) in [4.78, 5) is 1.05. The summed E-state index contributed by atoms with van der Waals surface area (Å²) in [5, 5.41) is 0. The highest BCUT2D eigenvalue weighted by molar-refractivity contribution is 14.1. The molecule has 0 saturated carbocycles. The number of hydrogen-bond acceptors (Lipinski definition) is 1. The Bertz CT molecular complexity index is 591. The molecule has 0 spiro atoms. The van der Waals surface area contributed by atoms with Gasteiger partial charge in [-0.05, 0) is 64.9 Å². The zero-order chi connectivity index (χ0) is 14.8. The van der Waals surface area contributed by atoms with E-state index in [0.717, 1.165) is 23.1 Å². The van der Waals surface area contributed by atoms with Crippen molar-refractivity contribution in [1.29, 1.82) is 0 Å². The van der Waals surface area contributed by atoms with Crippen molar-refractivity contribution in [2.45, 2.75) is 29.3 Å². The van der Waals surface area contributed by atoms with E-state index in [2.05, 4.69) is 0 Å². The highest BCUT2D eigenvalue weighted by atomic mass is 127. The van der Waals surface area contributed by atoms with E-state index in [0.29, 0.717) is 3.57 Å². The zero-order valence-electron chi connectivity index (χ0n) is 10.7. The molecule has 2 rings (SSSR count). The summed E-state index contributed by atoms with van der Waals surface area (Å²) in [6, 6.07) is 12.0. The largest absolute Gasteiger partial charge is 0.417 e. The van der Waals surface area contributed by atoms with Crippen LogP contribution < -0.4 is 0 Å². The summed E-state index contributed by atoms with van der Waals surface area (Å²) in [5.74, 6) is 0. The Hall–Kier alpha value is -0.690. The van der Waals surface area contributed by atoms with Gasteiger partial charge in [0, 0.05) is 13.4 Å². The summed E-state index contributed by atoms with van der Waals surface area (Å²) in [5.41, 5.74) is 0.599. The van der Waals surface area contributed by atoms with E-state index in [4.69, 9.17) is 0 Å². The van der Waals surface area contributed by atoms with Gasteiger partial charge in [0.1, 0.15) is 0 Å². The fourth-order valence-electron chi connectivity index (χ4n) is 1.73. The van der Waals surface area contributed by atoms with Gasteiger partial charge < -0.3 is 0 Å². The second-order valence-corrected chi connectivity index (χ2v) is 6.60. The minimum atomic E-state index is -4.33. The van der Waals surface area contributed by atoms with Crippen LogP contribution in [-0.4, -0.2) is 0 Å². The quantitative estimate of drug-likeness (QED) is 0.560. The number of rotatable bonds is 3. The number of alkyl halides is 3. The molecule has 2 aromatic carbocycles. The summed E-state index contributed by atoms with van der Waals surface area (Å²) in [6.45, 7) is 2.04. The van der Waals surface area contributed by atoms with Gasteiger partial charge in [0.25, 0.3) is 0 Å². The van der Waals surface area contributed by atoms with E-state index in [1.807, 2.05) is 53.8 Å². The minimum Gasteiger partial charge on any atom is -0.166 e. The third-order valence-corrected chi connectivity index (χ3v) is 4.56. The Morgan fingerprint density at radius 2 is 1.70 bits per heavy atom. The second-order valence-electron chi connectivity index (χ2n) is 4.24. The summed E-state index contributed by atoms with van der Waals surface area (Å²) < 4.78 is 39.7. The first-order valence-corrected chi connectivity index (χ1v) is 7.93. The molecule has 0 atom stereocenters. The maximum atomic E-state index is 13.0. The molecule has 0 N–H and O–H groups in total. The SMILES string of the molecule is CCc1ccc(Sc2ccc(I)cc2C(F)(F)F)cc1. The van der Waals surface area contributed by atoms with Gasteiger partial charge in [0.15, 0.2) is 0 Å². The summed E-state index contributed by atoms with van der Waals surface area (Å²) in [7, 11) is 0. The first kappa shape index (κ1) is 15.7. The van der Waals surface area contributed by atoms with Crippen molar-refractivity contribution in [3.63, 3.8) is 0 Å². The van der Waals surface area contributed by atoms with Crippen LogP contribution in [0.25, 0.3) is 0 Å². The van der Waals surface area contributed by atoms with Crippen LogP contribution in [0.2, 0.25) is 0 Å². The van der Waals surface area contributed by atoms with E-state index < -0.39 is 11.7 Å². The average molecular weight is 408 g/mol. The lowest BCUT2D eigenvalue weighted by molar-refractivity contribution is -0.139. The lowest BCUT2D eigenvalue weighted by atomic mass is 10.2. The molecule has 0 bridgehead atoms. The van der Waals surface area contributed by atoms with Gasteiger partial charge in [0.05, 0.1) is 5.56 Å². The van der Waals surface area contributed by atoms with Crippen molar-refractivity contribution in [3.05, 3.63) is 57.2 Å². The minimum absolute atomic E-state index is 0.238. The molecule has 0 amide bonds. The molecule has 20 heavy (non-hydrogen) atoms. The molecule has 0 fully saturated rings. The van der Waals surface area contributed by atoms with Gasteiger partial charge in [0.2, 0.25) is 0 Å². The maximum absolute atomic E-state index is 13.0. The van der Waals surface area contributed by atoms with Crippen LogP contribution in [0.1, 0.15) is 18.1 Å². The molecule has 106 valence electrons. The van der Waals surface area contributed by atoms with Crippen LogP contribution in [0, 0.1) is 3.57 Å². The molecule has 5 heteroatoms. The van der Waals surface area contributed by atoms with Crippen molar-refractivity contribution < 1.29 is 13.2 Å². The molecule has 0 unspecified atom stereocenters. The molecular weight excluding hydrogens is 396 g/mol. The lowest BCUT2D eigenvalue weighted by Crippen LogP contribution is -2.07. The third-order valence-electron chi connectivity index (χ3n) is 2.81. The Morgan fingerprint density at radius 3 is 2.25 bits per heavy atom. The Balaban J connectivity index is 2.32. The molecule has 0 aliphatic rings. The second kappa shape index (κ2) is 6.39. The predicted molar refractivity (Wildman–Crippen MR) is 84.1 cm³/mol. The van der Waals surface area contributed by atoms with Gasteiger partial charge >= 0.3 is 6.18 Å². The first-order chi connectivity index (χ1) is 9.40. The Morgan fingerprint density at radius 1 is 1.05 bits per heavy atom. The highest BCUT2D eigenvalue weighted by Gasteiger charge is 2.33. The van der Waals surface area contributed by atoms with E-state index in [1.54, 1.807) is 6.07 Å². The molecule has 0 radical (unpaired) electrons. The predicted octanol–water partition coefficient (Wildman–Crippen LogP) is 6.02. The fraction of sp³-hybridized carbons (Fsp3) is 0.200. The summed E-state index contributed by atoms with van der Waals surface area (Å²) >= 11 is 3.04. The van der Waals surface area contributed by atoms with Crippen molar-refractivity contribution >= 4 is 34.4 Å². The molecule has 0 aliphatic heterocycles. The topological polar surface area (TPSA) is 0 Å². The Kier molecular flexibility index (Phi) is 5.01. The van der Waals surface area contributed by atoms with Crippen molar-refractivity contribution in [1.82, 2.24) is 0 Å². The molecule has 0 saturated heterocycles. The number of aryl methyl sites for hydroxylation is 1. The number of benzene rings is 2. The molecule has 0 nitrogen and oxygen atoms in total. The lowest BCUT2D eigenvalue weighted by Gasteiger charge is -2.13. The fourth-order valence-corrected chi connectivity index (χ4v) is 3.17. The molecule has 0 aliphatic carbocycles. The highest BCUT2D eigenvalue weighted by Crippen LogP contribution is 2.40. The molecule has 2 aromatic rings. The number of halogens is 4. The smallest absolute Gasteiger partial charge is 0.166 e. The van der Waals surface area contributed by atoms with Crippen LogP contribution >= 0.6 is 34.4 Å². The third kappa shape index (κ3) is 3.91. The molecule has 0 heterocycles. The van der Waals surface area contributed by atoms with Gasteiger partial charge in [-0.25, -0.2) is 0 Å². The zero-order valence-corrected chi connectivity index (χ0v) is 13.6. The Labute approximate surface area is 133 Å². The maximum Gasteiger partial charge on any atom is 0.417 e. The van der Waals surface area contributed by atoms with Gasteiger partial charge in [-0.2, -0.15) is 13.2 Å². The monoisotopic (exact) mass is 408 g/mol. The van der Waals surface area contributed by atoms with Gasteiger partial charge in [-0.3, -0.25) is 0 Å². The van der Waals surface area contributed by atoms with Crippen LogP contribution in [-0.2, 0) is 12.6 Å². The van der Waals surface area contributed by atoms with E-state index in [-0.39, 0.29) is 4.90 Å². The van der Waals surface area contributed by atoms with Crippen molar-refractivity contribution in [2.75, 3.05) is 0 Å². The molecule has 0 aromatic heterocycles. The first-order valence-electron chi connectivity index (χ1n) is 6.03. The van der Waals surface area contributed by atoms with Gasteiger partial charge in [-0.15, -0.1) is 0 Å². The van der Waals surface area contributed by atoms with Crippen LogP contribution in [0.15, 0.2) is 52.3 Å². The average Bonchev–Trinajstić information content (AvgIpc) is 2.40. The summed E-state index contributed by atoms with van der Waals surface area (Å²) in [6.07, 6.45) is -3.41. The van der Waals surface area contributed by atoms with Crippen LogP contribution in [0.3, 0.4) is 0 Å². The van der Waals surface area contributed by atoms with E-state index >= 15 is 0 Å². The van der Waals surface area contributed by atoms with E-state index in [9.17, 15) is 13.2 Å². The normalized spacial score (nSPS) is 11.7. The van der Waals surface area contributed by atoms with Crippen LogP contribution in [0.5, 0.6) is 0 Å². The van der Waals surface area contributed by atoms with E-state index in [1.165, 1.54) is 17.7 Å². The van der Waals surface area contributed by atoms with Crippen molar-refractivity contribution in [2.24, 2.45) is 0 Å². The van der Waals surface area contributed by atoms with Crippen molar-refractivity contribution in [3.8, 4) is 0 Å². The van der Waals surface area contributed by atoms with Gasteiger partial charge in [-0.1, -0.05) is 30.8 Å². The molecular formula is C15H12F3IS. The standard InChI is InChI=1S/C15H12F3IS/c1-2-10-3-6-12(7-4-10)20-14-8-5-11(19)9-13(14)15(16,17)18/h3-9H,2H2,1H3. The number of hydrogen-bond donors (Lipinski definition) is 0. The van der Waals surface area contributed by atoms with Crippen LogP contribution in [0.4, 0.5) is 13.2 Å².